The van der Waals surface area contributed by atoms with Gasteiger partial charge >= 0.3 is 17.5 Å². The van der Waals surface area contributed by atoms with Crippen LogP contribution < -0.4 is 21.2 Å². The average molecular weight is 705 g/mol. The van der Waals surface area contributed by atoms with Gasteiger partial charge in [0.15, 0.2) is 6.61 Å². The predicted molar refractivity (Wildman–Crippen MR) is 179 cm³/mol. The number of likely N-dealkylation sites (N-methyl/N-ethyl adjacent to an activating group) is 1. The number of carbonyl (C=O) groups excluding carboxylic acids is 3. The van der Waals surface area contributed by atoms with Crippen molar-refractivity contribution in [3.63, 3.8) is 0 Å². The fourth-order valence-electron chi connectivity index (χ4n) is 7.04. The number of hydrogen-bond acceptors (Lipinski definition) is 13. The van der Waals surface area contributed by atoms with Crippen molar-refractivity contribution in [1.82, 2.24) is 19.1 Å². The molecule has 2 fully saturated rings. The molecule has 2 amide bonds. The van der Waals surface area contributed by atoms with Crippen LogP contribution in [0.2, 0.25) is 0 Å². The molecule has 0 spiro atoms. The van der Waals surface area contributed by atoms with E-state index in [1.807, 2.05) is 27.7 Å². The maximum Gasteiger partial charge on any atom is 0.415 e. The summed E-state index contributed by atoms with van der Waals surface area (Å²) in [6.45, 7) is 10.5. The zero-order valence-electron chi connectivity index (χ0n) is 30.5. The number of nitrogens with zero attached hydrogens (tertiary/aromatic N) is 6. The molecule has 17 nitrogen and oxygen atoms in total. The van der Waals surface area contributed by atoms with E-state index in [-0.39, 0.29) is 30.8 Å². The van der Waals surface area contributed by atoms with Crippen LogP contribution in [0.4, 0.5) is 16.4 Å². The van der Waals surface area contributed by atoms with Crippen molar-refractivity contribution in [2.75, 3.05) is 58.4 Å². The lowest BCUT2D eigenvalue weighted by Gasteiger charge is -2.31. The first kappa shape index (κ1) is 38.8. The van der Waals surface area contributed by atoms with Crippen LogP contribution in [0, 0.1) is 24.7 Å². The lowest BCUT2D eigenvalue weighted by Crippen LogP contribution is -2.41. The minimum absolute atomic E-state index is 0.0159. The van der Waals surface area contributed by atoms with E-state index < -0.39 is 71.6 Å². The summed E-state index contributed by atoms with van der Waals surface area (Å²) in [6.07, 6.45) is -0.318. The van der Waals surface area contributed by atoms with Gasteiger partial charge in [0.2, 0.25) is 0 Å². The minimum Gasteiger partial charge on any atom is -0.439 e. The van der Waals surface area contributed by atoms with Gasteiger partial charge in [-0.25, -0.2) is 14.4 Å². The summed E-state index contributed by atoms with van der Waals surface area (Å²) in [5, 5.41) is 0. The molecule has 2 aliphatic rings. The van der Waals surface area contributed by atoms with Crippen molar-refractivity contribution in [1.29, 1.82) is 0 Å². The molecule has 0 radical (unpaired) electrons. The first-order valence-electron chi connectivity index (χ1n) is 16.1. The highest BCUT2D eigenvalue weighted by Crippen LogP contribution is 2.47. The Hall–Kier alpha value is -4.03. The molecule has 0 N–H and O–H groups in total. The van der Waals surface area contributed by atoms with Crippen LogP contribution in [0.15, 0.2) is 22.0 Å². The van der Waals surface area contributed by atoms with Crippen molar-refractivity contribution >= 4 is 29.9 Å². The molecule has 6 atom stereocenters. The largest absolute Gasteiger partial charge is 0.439 e. The quantitative estimate of drug-likeness (QED) is 0.292. The second-order valence-corrected chi connectivity index (χ2v) is 13.8. The Morgan fingerprint density at radius 2 is 1.30 bits per heavy atom. The Morgan fingerprint density at radius 1 is 0.840 bits per heavy atom. The van der Waals surface area contributed by atoms with Crippen LogP contribution in [0.25, 0.3) is 0 Å². The van der Waals surface area contributed by atoms with Crippen molar-refractivity contribution in [3.05, 3.63) is 44.5 Å². The molecule has 50 heavy (non-hydrogen) atoms. The molecular weight excluding hydrogens is 656 g/mol. The molecule has 2 aromatic rings. The standard InChI is InChI=1S/C33H48N6O11/c1-18-14-39(28-33(5,6)24(47-11)21(50-28)16-45-9)29(42)34-25(18)36(7)22(41)17-48-31(44)37(8)26-19(2)15-38(30(43)35-26)27-32(3,4)23(46-10)20(49-27)12-13-40/h13-15,20-21,23-24,27-28H,12,16-17H2,1-11H3. The van der Waals surface area contributed by atoms with Gasteiger partial charge in [0.25, 0.3) is 5.91 Å². The van der Waals surface area contributed by atoms with Crippen molar-refractivity contribution < 1.29 is 42.8 Å². The molecule has 2 aromatic heterocycles. The zero-order valence-corrected chi connectivity index (χ0v) is 30.5. The third-order valence-electron chi connectivity index (χ3n) is 9.51. The number of aryl methyl sites for hydroxylation is 2. The SMILES string of the molecule is COCC1OC(n2cc(C)c(N(C)C(=O)COC(=O)N(C)c3nc(=O)n(C4OC(CC=O)C(OC)C4(C)C)cc3C)nc2=O)C(C)(C)C1OC. The van der Waals surface area contributed by atoms with Gasteiger partial charge in [0.1, 0.15) is 36.5 Å². The molecule has 0 aromatic carbocycles. The average Bonchev–Trinajstić information content (AvgIpc) is 3.46. The highest BCUT2D eigenvalue weighted by molar-refractivity contribution is 5.95. The lowest BCUT2D eigenvalue weighted by atomic mass is 9.83. The van der Waals surface area contributed by atoms with Gasteiger partial charge < -0.3 is 33.2 Å². The maximum atomic E-state index is 13.3. The van der Waals surface area contributed by atoms with E-state index in [9.17, 15) is 24.0 Å². The van der Waals surface area contributed by atoms with Crippen LogP contribution >= 0.6 is 0 Å². The summed E-state index contributed by atoms with van der Waals surface area (Å²) in [4.78, 5) is 74.2. The van der Waals surface area contributed by atoms with Crippen LogP contribution in [-0.4, -0.2) is 110 Å². The van der Waals surface area contributed by atoms with Gasteiger partial charge in [0.05, 0.1) is 24.9 Å². The van der Waals surface area contributed by atoms with Crippen LogP contribution in [0.5, 0.6) is 0 Å². The molecule has 276 valence electrons. The molecule has 2 saturated heterocycles. The van der Waals surface area contributed by atoms with E-state index in [0.717, 1.165) is 16.1 Å². The Balaban J connectivity index is 1.46. The number of aldehydes is 1. The fraction of sp³-hybridized carbons (Fsp3) is 0.667. The van der Waals surface area contributed by atoms with Gasteiger partial charge in [-0.3, -0.25) is 23.7 Å². The number of amides is 2. The van der Waals surface area contributed by atoms with Gasteiger partial charge in [0, 0.05) is 76.2 Å². The van der Waals surface area contributed by atoms with Crippen LogP contribution in [0.3, 0.4) is 0 Å². The first-order valence-corrected chi connectivity index (χ1v) is 16.1. The summed E-state index contributed by atoms with van der Waals surface area (Å²) < 4.78 is 36.8. The number of hydrogen-bond donors (Lipinski definition) is 0. The third-order valence-corrected chi connectivity index (χ3v) is 9.51. The third kappa shape index (κ3) is 7.10. The second-order valence-electron chi connectivity index (χ2n) is 13.8. The van der Waals surface area contributed by atoms with Crippen LogP contribution in [0.1, 0.15) is 57.7 Å². The van der Waals surface area contributed by atoms with E-state index >= 15 is 0 Å². The monoisotopic (exact) mass is 704 g/mol. The summed E-state index contributed by atoms with van der Waals surface area (Å²) in [5.41, 5.74) is -1.72. The Morgan fingerprint density at radius 3 is 1.76 bits per heavy atom. The zero-order chi connectivity index (χ0) is 37.3. The van der Waals surface area contributed by atoms with Gasteiger partial charge in [-0.1, -0.05) is 27.7 Å². The molecular formula is C33H48N6O11. The smallest absolute Gasteiger partial charge is 0.415 e. The summed E-state index contributed by atoms with van der Waals surface area (Å²) in [5.74, 6) is -0.561. The lowest BCUT2D eigenvalue weighted by molar-refractivity contribution is -0.121. The number of aromatic nitrogens is 4. The summed E-state index contributed by atoms with van der Waals surface area (Å²) >= 11 is 0. The van der Waals surface area contributed by atoms with Gasteiger partial charge in [-0.2, -0.15) is 9.97 Å². The molecule has 4 rings (SSSR count). The topological polar surface area (TPSA) is 183 Å². The van der Waals surface area contributed by atoms with Crippen molar-refractivity contribution in [2.45, 2.75) is 84.8 Å². The molecule has 17 heteroatoms. The Bertz CT molecular complexity index is 1710. The molecule has 0 aliphatic carbocycles. The van der Waals surface area contributed by atoms with Gasteiger partial charge in [-0.05, 0) is 13.8 Å². The van der Waals surface area contributed by atoms with E-state index in [2.05, 4.69) is 9.97 Å². The summed E-state index contributed by atoms with van der Waals surface area (Å²) in [7, 11) is 7.42. The predicted octanol–water partition coefficient (Wildman–Crippen LogP) is 1.77. The molecule has 0 bridgehead atoms. The Labute approximate surface area is 290 Å². The summed E-state index contributed by atoms with van der Waals surface area (Å²) in [6, 6.07) is 0. The number of anilines is 2. The second kappa shape index (κ2) is 15.1. The number of rotatable bonds is 12. The maximum absolute atomic E-state index is 13.3. The highest BCUT2D eigenvalue weighted by atomic mass is 16.6. The molecule has 6 unspecified atom stereocenters. The fourth-order valence-corrected chi connectivity index (χ4v) is 7.04. The van der Waals surface area contributed by atoms with E-state index in [0.29, 0.717) is 11.1 Å². The number of methoxy groups -OCH3 is 3. The van der Waals surface area contributed by atoms with E-state index in [4.69, 9.17) is 28.4 Å². The molecule has 0 saturated carbocycles. The van der Waals surface area contributed by atoms with Crippen molar-refractivity contribution in [2.24, 2.45) is 10.8 Å². The number of carbonyl (C=O) groups is 3. The first-order chi connectivity index (χ1) is 23.5. The van der Waals surface area contributed by atoms with E-state index in [1.165, 1.54) is 36.5 Å². The molecule has 2 aliphatic heterocycles. The molecule has 4 heterocycles. The number of ether oxygens (including phenoxy) is 6. The van der Waals surface area contributed by atoms with Gasteiger partial charge in [-0.15, -0.1) is 0 Å². The Kier molecular flexibility index (Phi) is 11.7. The van der Waals surface area contributed by atoms with E-state index in [1.54, 1.807) is 34.3 Å². The highest BCUT2D eigenvalue weighted by Gasteiger charge is 2.53. The minimum atomic E-state index is -0.943. The normalized spacial score (nSPS) is 25.3. The van der Waals surface area contributed by atoms with Crippen LogP contribution in [-0.2, 0) is 38.0 Å². The van der Waals surface area contributed by atoms with Crippen molar-refractivity contribution in [3.8, 4) is 0 Å².